The van der Waals surface area contributed by atoms with Crippen LogP contribution in [0.5, 0.6) is 0 Å². The third-order valence-electron chi connectivity index (χ3n) is 3.82. The summed E-state index contributed by atoms with van der Waals surface area (Å²) < 4.78 is 1.93. The molecule has 0 bridgehead atoms. The maximum Gasteiger partial charge on any atom is 0.133 e. The van der Waals surface area contributed by atoms with Gasteiger partial charge in [-0.25, -0.2) is 9.67 Å². The molecule has 2 aromatic heterocycles. The van der Waals surface area contributed by atoms with Gasteiger partial charge in [0.2, 0.25) is 0 Å². The Morgan fingerprint density at radius 1 is 1.17 bits per heavy atom. The minimum Gasteiger partial charge on any atom is -0.244 e. The summed E-state index contributed by atoms with van der Waals surface area (Å²) in [6.45, 7) is 0.910. The second-order valence-electron chi connectivity index (χ2n) is 5.63. The quantitative estimate of drug-likeness (QED) is 0.523. The van der Waals surface area contributed by atoms with E-state index in [2.05, 4.69) is 27.1 Å². The first-order valence-corrected chi connectivity index (χ1v) is 8.11. The molecule has 0 aliphatic heterocycles. The van der Waals surface area contributed by atoms with E-state index >= 15 is 0 Å². The second-order valence-corrected chi connectivity index (χ2v) is 6.39. The zero-order valence-electron chi connectivity index (χ0n) is 12.1. The number of halogens is 2. The first kappa shape index (κ1) is 14.5. The van der Waals surface area contributed by atoms with Gasteiger partial charge in [0.1, 0.15) is 10.7 Å². The van der Waals surface area contributed by atoms with E-state index in [1.807, 2.05) is 16.8 Å². The van der Waals surface area contributed by atoms with Crippen LogP contribution in [-0.4, -0.2) is 20.0 Å². The highest BCUT2D eigenvalue weighted by Gasteiger charge is 2.23. The van der Waals surface area contributed by atoms with E-state index in [1.54, 1.807) is 18.3 Å². The Hall–Kier alpha value is -2.09. The molecular formula is C17H12Cl2N4. The zero-order valence-corrected chi connectivity index (χ0v) is 13.6. The lowest BCUT2D eigenvalue weighted by Crippen LogP contribution is -2.01. The van der Waals surface area contributed by atoms with Gasteiger partial charge >= 0.3 is 0 Å². The fraction of sp³-hybridized carbons (Fsp3) is 0.235. The van der Waals surface area contributed by atoms with Crippen molar-refractivity contribution in [2.75, 3.05) is 0 Å². The summed E-state index contributed by atoms with van der Waals surface area (Å²) in [5.41, 5.74) is 3.18. The molecule has 0 amide bonds. The summed E-state index contributed by atoms with van der Waals surface area (Å²) in [6, 6.07) is 7.41. The summed E-state index contributed by atoms with van der Waals surface area (Å²) in [5, 5.41) is 9.38. The largest absolute Gasteiger partial charge is 0.244 e. The predicted molar refractivity (Wildman–Crippen MR) is 90.5 cm³/mol. The van der Waals surface area contributed by atoms with Gasteiger partial charge in [-0.1, -0.05) is 40.3 Å². The van der Waals surface area contributed by atoms with Crippen LogP contribution >= 0.6 is 23.2 Å². The fourth-order valence-electron chi connectivity index (χ4n) is 2.40. The third kappa shape index (κ3) is 3.03. The van der Waals surface area contributed by atoms with E-state index < -0.39 is 0 Å². The Morgan fingerprint density at radius 3 is 2.83 bits per heavy atom. The van der Waals surface area contributed by atoms with Crippen LogP contribution in [0.2, 0.25) is 10.2 Å². The summed E-state index contributed by atoms with van der Waals surface area (Å²) in [5.74, 6) is 6.84. The molecule has 4 rings (SSSR count). The van der Waals surface area contributed by atoms with Crippen LogP contribution in [0.1, 0.15) is 24.0 Å². The lowest BCUT2D eigenvalue weighted by atomic mass is 10.1. The van der Waals surface area contributed by atoms with Crippen LogP contribution in [0.15, 0.2) is 30.5 Å². The summed E-state index contributed by atoms with van der Waals surface area (Å²) in [6.07, 6.45) is 4.17. The van der Waals surface area contributed by atoms with Crippen LogP contribution in [0.3, 0.4) is 0 Å². The van der Waals surface area contributed by atoms with Gasteiger partial charge < -0.3 is 0 Å². The molecule has 1 aromatic carbocycles. The van der Waals surface area contributed by atoms with Crippen LogP contribution in [0.25, 0.3) is 11.0 Å². The Labute approximate surface area is 143 Å². The molecule has 2 heterocycles. The zero-order chi connectivity index (χ0) is 15.8. The Balaban J connectivity index is 1.70. The number of rotatable bonds is 2. The molecule has 1 saturated carbocycles. The molecule has 1 aliphatic rings. The number of pyridine rings is 1. The van der Waals surface area contributed by atoms with Crippen molar-refractivity contribution in [1.29, 1.82) is 0 Å². The second kappa shape index (κ2) is 5.84. The summed E-state index contributed by atoms with van der Waals surface area (Å²) >= 11 is 12.3. The first-order valence-electron chi connectivity index (χ1n) is 7.36. The monoisotopic (exact) mass is 342 g/mol. The van der Waals surface area contributed by atoms with Crippen LogP contribution < -0.4 is 0 Å². The van der Waals surface area contributed by atoms with E-state index in [9.17, 15) is 0 Å². The number of hydrogen-bond acceptors (Lipinski definition) is 3. The summed E-state index contributed by atoms with van der Waals surface area (Å²) in [4.78, 5) is 3.94. The number of aromatic nitrogens is 4. The van der Waals surface area contributed by atoms with Crippen molar-refractivity contribution in [3.63, 3.8) is 0 Å². The molecule has 0 saturated heterocycles. The van der Waals surface area contributed by atoms with Crippen molar-refractivity contribution in [3.8, 4) is 11.8 Å². The van der Waals surface area contributed by atoms with Crippen molar-refractivity contribution < 1.29 is 0 Å². The molecule has 0 atom stereocenters. The molecule has 3 aromatic rings. The molecule has 23 heavy (non-hydrogen) atoms. The number of hydrogen-bond donors (Lipinski definition) is 0. The third-order valence-corrected chi connectivity index (χ3v) is 4.41. The topological polar surface area (TPSA) is 43.6 Å². The molecule has 0 radical (unpaired) electrons. The average Bonchev–Trinajstić information content (AvgIpc) is 3.26. The lowest BCUT2D eigenvalue weighted by molar-refractivity contribution is 0.559. The van der Waals surface area contributed by atoms with E-state index in [1.165, 1.54) is 12.8 Å². The molecule has 6 heteroatoms. The first-order chi connectivity index (χ1) is 11.2. The van der Waals surface area contributed by atoms with Gasteiger partial charge in [-0.05, 0) is 43.0 Å². The van der Waals surface area contributed by atoms with E-state index in [0.717, 1.165) is 29.1 Å². The maximum absolute atomic E-state index is 6.45. The van der Waals surface area contributed by atoms with Crippen LogP contribution in [0.4, 0.5) is 0 Å². The number of nitrogens with zero attached hydrogens (tertiary/aromatic N) is 4. The van der Waals surface area contributed by atoms with E-state index in [0.29, 0.717) is 15.7 Å². The van der Waals surface area contributed by atoms with E-state index in [4.69, 9.17) is 23.2 Å². The van der Waals surface area contributed by atoms with Gasteiger partial charge in [0.05, 0.1) is 10.5 Å². The molecule has 114 valence electrons. The normalized spacial score (nSPS) is 13.8. The van der Waals surface area contributed by atoms with Gasteiger partial charge in [-0.3, -0.25) is 0 Å². The summed E-state index contributed by atoms with van der Waals surface area (Å²) in [7, 11) is 0. The van der Waals surface area contributed by atoms with E-state index in [-0.39, 0.29) is 0 Å². The fourth-order valence-corrected chi connectivity index (χ4v) is 2.82. The smallest absolute Gasteiger partial charge is 0.133 e. The minimum absolute atomic E-state index is 0.418. The van der Waals surface area contributed by atoms with Gasteiger partial charge in [-0.2, -0.15) is 0 Å². The molecule has 0 spiro atoms. The number of benzene rings is 1. The van der Waals surface area contributed by atoms with Crippen molar-refractivity contribution in [2.24, 2.45) is 5.92 Å². The highest BCUT2D eigenvalue weighted by molar-refractivity contribution is 6.36. The van der Waals surface area contributed by atoms with Crippen LogP contribution in [-0.2, 0) is 6.54 Å². The van der Waals surface area contributed by atoms with Crippen molar-refractivity contribution >= 4 is 34.2 Å². The predicted octanol–water partition coefficient (Wildman–Crippen LogP) is 3.94. The average molecular weight is 343 g/mol. The number of fused-ring (bicyclic) bond motifs is 1. The van der Waals surface area contributed by atoms with Crippen molar-refractivity contribution in [3.05, 3.63) is 51.8 Å². The molecule has 0 N–H and O–H groups in total. The minimum atomic E-state index is 0.418. The van der Waals surface area contributed by atoms with Crippen molar-refractivity contribution in [2.45, 2.75) is 19.4 Å². The van der Waals surface area contributed by atoms with Gasteiger partial charge in [0.15, 0.2) is 0 Å². The Bertz CT molecular complexity index is 948. The van der Waals surface area contributed by atoms with Gasteiger partial charge in [-0.15, -0.1) is 5.10 Å². The van der Waals surface area contributed by atoms with Gasteiger partial charge in [0.25, 0.3) is 0 Å². The Kier molecular flexibility index (Phi) is 3.68. The molecule has 4 nitrogen and oxygen atoms in total. The standard InChI is InChI=1S/C17H12Cl2N4/c18-15-9-11(7-8-20-15)3-4-13-5-6-14-17(16(13)19)21-22-23(14)10-12-1-2-12/h5-9,12H,1-2,10H2. The molecule has 1 aliphatic carbocycles. The SMILES string of the molecule is Clc1cc(C#Cc2ccc3c(nnn3CC3CC3)c2Cl)ccn1. The molecule has 0 unspecified atom stereocenters. The molecule has 1 fully saturated rings. The Morgan fingerprint density at radius 2 is 2.04 bits per heavy atom. The lowest BCUT2D eigenvalue weighted by Gasteiger charge is -2.01. The van der Waals surface area contributed by atoms with Crippen LogP contribution in [0, 0.1) is 17.8 Å². The van der Waals surface area contributed by atoms with Crippen molar-refractivity contribution in [1.82, 2.24) is 20.0 Å². The maximum atomic E-state index is 6.45. The highest BCUT2D eigenvalue weighted by atomic mass is 35.5. The highest BCUT2D eigenvalue weighted by Crippen LogP contribution is 2.32. The van der Waals surface area contributed by atoms with Gasteiger partial charge in [0, 0.05) is 23.9 Å². The molecular weight excluding hydrogens is 331 g/mol.